The van der Waals surface area contributed by atoms with Crippen LogP contribution >= 0.6 is 0 Å². The minimum absolute atomic E-state index is 0.0228. The van der Waals surface area contributed by atoms with Gasteiger partial charge >= 0.3 is 0 Å². The summed E-state index contributed by atoms with van der Waals surface area (Å²) in [5.41, 5.74) is 0. The molecule has 0 bridgehead atoms. The van der Waals surface area contributed by atoms with Gasteiger partial charge in [-0.05, 0) is 6.92 Å². The van der Waals surface area contributed by atoms with E-state index in [-0.39, 0.29) is 5.03 Å². The monoisotopic (exact) mass is 227 g/mol. The van der Waals surface area contributed by atoms with Gasteiger partial charge in [0.25, 0.3) is 10.0 Å². The molecule has 2 rings (SSSR count). The van der Waals surface area contributed by atoms with Crippen LogP contribution in [0.3, 0.4) is 0 Å². The normalized spacial score (nSPS) is 11.5. The van der Waals surface area contributed by atoms with Crippen LogP contribution in [-0.4, -0.2) is 28.6 Å². The summed E-state index contributed by atoms with van der Waals surface area (Å²) in [7, 11) is -3.60. The van der Waals surface area contributed by atoms with Crippen LogP contribution in [-0.2, 0) is 10.0 Å². The molecular formula is C7H9N5O2S. The molecular weight excluding hydrogens is 218 g/mol. The Hall–Kier alpha value is -1.83. The predicted molar refractivity (Wildman–Crippen MR) is 52.7 cm³/mol. The number of hydrogen-bond donors (Lipinski definition) is 3. The average molecular weight is 227 g/mol. The first-order valence-electron chi connectivity index (χ1n) is 4.12. The Balaban J connectivity index is 2.28. The molecule has 0 aliphatic carbocycles. The van der Waals surface area contributed by atoms with Crippen LogP contribution in [0.2, 0.25) is 0 Å². The van der Waals surface area contributed by atoms with Crippen LogP contribution in [0, 0.1) is 6.92 Å². The number of sulfonamides is 1. The lowest BCUT2D eigenvalue weighted by Gasteiger charge is -2.01. The Morgan fingerprint density at radius 3 is 2.80 bits per heavy atom. The maximum absolute atomic E-state index is 11.7. The Morgan fingerprint density at radius 2 is 2.27 bits per heavy atom. The maximum Gasteiger partial charge on any atom is 0.280 e. The number of hydrogen-bond acceptors (Lipinski definition) is 4. The van der Waals surface area contributed by atoms with Crippen molar-refractivity contribution >= 4 is 15.8 Å². The third kappa shape index (κ3) is 1.99. The van der Waals surface area contributed by atoms with Gasteiger partial charge in [-0.15, -0.1) is 0 Å². The van der Waals surface area contributed by atoms with Crippen LogP contribution in [0.4, 0.5) is 5.82 Å². The first-order valence-corrected chi connectivity index (χ1v) is 5.60. The zero-order valence-corrected chi connectivity index (χ0v) is 8.67. The molecule has 0 fully saturated rings. The van der Waals surface area contributed by atoms with Gasteiger partial charge in [0.1, 0.15) is 11.6 Å². The molecule has 0 aliphatic heterocycles. The second kappa shape index (κ2) is 3.39. The summed E-state index contributed by atoms with van der Waals surface area (Å²) in [5, 5.41) is 6.15. The summed E-state index contributed by atoms with van der Waals surface area (Å²) >= 11 is 0. The SMILES string of the molecule is Cc1ncc(S(=O)(=O)Nc2ccn[nH]2)[nH]1. The lowest BCUT2D eigenvalue weighted by atomic mass is 10.7. The topological polar surface area (TPSA) is 104 Å². The van der Waals surface area contributed by atoms with E-state index in [0.717, 1.165) is 0 Å². The summed E-state index contributed by atoms with van der Waals surface area (Å²) in [6.45, 7) is 1.68. The van der Waals surface area contributed by atoms with Crippen LogP contribution in [0.1, 0.15) is 5.82 Å². The lowest BCUT2D eigenvalue weighted by Crippen LogP contribution is -2.13. The third-order valence-electron chi connectivity index (χ3n) is 1.71. The molecule has 0 saturated carbocycles. The van der Waals surface area contributed by atoms with E-state index in [1.165, 1.54) is 18.5 Å². The standard InChI is InChI=1S/C7H9N5O2S/c1-5-8-4-7(10-5)15(13,14)12-6-2-3-9-11-6/h2-4H,1H3,(H,8,10)(H2,9,11,12). The smallest absolute Gasteiger partial charge is 0.280 e. The zero-order valence-electron chi connectivity index (χ0n) is 7.85. The zero-order chi connectivity index (χ0) is 10.9. The molecule has 0 saturated heterocycles. The molecule has 0 atom stereocenters. The summed E-state index contributed by atoms with van der Waals surface area (Å²) < 4.78 is 25.7. The second-order valence-corrected chi connectivity index (χ2v) is 4.56. The maximum atomic E-state index is 11.7. The van der Waals surface area contributed by atoms with Crippen molar-refractivity contribution in [3.05, 3.63) is 24.3 Å². The molecule has 3 N–H and O–H groups in total. The Morgan fingerprint density at radius 1 is 1.47 bits per heavy atom. The first kappa shape index (κ1) is 9.71. The van der Waals surface area contributed by atoms with Crippen molar-refractivity contribution in [3.63, 3.8) is 0 Å². The van der Waals surface area contributed by atoms with Crippen molar-refractivity contribution in [1.82, 2.24) is 20.2 Å². The van der Waals surface area contributed by atoms with Gasteiger partial charge in [-0.3, -0.25) is 9.82 Å². The van der Waals surface area contributed by atoms with E-state index < -0.39 is 10.0 Å². The van der Waals surface area contributed by atoms with Gasteiger partial charge < -0.3 is 4.98 Å². The fourth-order valence-electron chi connectivity index (χ4n) is 1.05. The summed E-state index contributed by atoms with van der Waals surface area (Å²) in [5.74, 6) is 0.849. The van der Waals surface area contributed by atoms with Crippen molar-refractivity contribution in [3.8, 4) is 0 Å². The Labute approximate surface area is 86.0 Å². The van der Waals surface area contributed by atoms with E-state index >= 15 is 0 Å². The highest BCUT2D eigenvalue weighted by molar-refractivity contribution is 7.92. The van der Waals surface area contributed by atoms with Crippen molar-refractivity contribution < 1.29 is 8.42 Å². The molecule has 8 heteroatoms. The van der Waals surface area contributed by atoms with Gasteiger partial charge in [-0.1, -0.05) is 0 Å². The van der Waals surface area contributed by atoms with Gasteiger partial charge in [0.2, 0.25) is 0 Å². The highest BCUT2D eigenvalue weighted by atomic mass is 32.2. The molecule has 15 heavy (non-hydrogen) atoms. The van der Waals surface area contributed by atoms with E-state index in [1.807, 2.05) is 0 Å². The van der Waals surface area contributed by atoms with Crippen molar-refractivity contribution in [2.75, 3.05) is 4.72 Å². The van der Waals surface area contributed by atoms with Crippen molar-refractivity contribution in [1.29, 1.82) is 0 Å². The minimum atomic E-state index is -3.60. The summed E-state index contributed by atoms with van der Waals surface area (Å²) in [4.78, 5) is 6.44. The fourth-order valence-corrected chi connectivity index (χ4v) is 2.03. The number of rotatable bonds is 3. The van der Waals surface area contributed by atoms with Crippen LogP contribution in [0.5, 0.6) is 0 Å². The molecule has 0 unspecified atom stereocenters. The van der Waals surface area contributed by atoms with Gasteiger partial charge in [-0.25, -0.2) is 4.98 Å². The van der Waals surface area contributed by atoms with E-state index in [1.54, 1.807) is 6.92 Å². The largest absolute Gasteiger partial charge is 0.332 e. The second-order valence-electron chi connectivity index (χ2n) is 2.91. The molecule has 80 valence electrons. The number of H-pyrrole nitrogens is 2. The Kier molecular flexibility index (Phi) is 2.19. The Bertz CT molecular complexity index is 542. The van der Waals surface area contributed by atoms with E-state index in [2.05, 4.69) is 24.9 Å². The third-order valence-corrected chi connectivity index (χ3v) is 2.99. The number of aromatic amines is 2. The summed E-state index contributed by atoms with van der Waals surface area (Å²) in [6, 6.07) is 1.51. The first-order chi connectivity index (χ1) is 7.08. The summed E-state index contributed by atoms with van der Waals surface area (Å²) in [6.07, 6.45) is 2.71. The molecule has 0 spiro atoms. The number of nitrogens with one attached hydrogen (secondary N) is 3. The van der Waals surface area contributed by atoms with Gasteiger partial charge in [-0.2, -0.15) is 13.5 Å². The number of aryl methyl sites for hydroxylation is 1. The number of imidazole rings is 1. The average Bonchev–Trinajstić information content (AvgIpc) is 2.75. The van der Waals surface area contributed by atoms with Gasteiger partial charge in [0.15, 0.2) is 5.03 Å². The highest BCUT2D eigenvalue weighted by Crippen LogP contribution is 2.10. The predicted octanol–water partition coefficient (Wildman–Crippen LogP) is 0.242. The van der Waals surface area contributed by atoms with Crippen LogP contribution in [0.15, 0.2) is 23.5 Å². The van der Waals surface area contributed by atoms with Crippen LogP contribution < -0.4 is 4.72 Å². The van der Waals surface area contributed by atoms with Crippen molar-refractivity contribution in [2.45, 2.75) is 11.9 Å². The molecule has 0 amide bonds. The van der Waals surface area contributed by atoms with Crippen molar-refractivity contribution in [2.24, 2.45) is 0 Å². The quantitative estimate of drug-likeness (QED) is 0.698. The molecule has 2 heterocycles. The van der Waals surface area contributed by atoms with E-state index in [0.29, 0.717) is 11.6 Å². The number of aromatic nitrogens is 4. The highest BCUT2D eigenvalue weighted by Gasteiger charge is 2.16. The lowest BCUT2D eigenvalue weighted by molar-refractivity contribution is 0.598. The number of nitrogens with zero attached hydrogens (tertiary/aromatic N) is 2. The molecule has 0 aliphatic rings. The molecule has 2 aromatic rings. The molecule has 0 radical (unpaired) electrons. The fraction of sp³-hybridized carbons (Fsp3) is 0.143. The van der Waals surface area contributed by atoms with Crippen LogP contribution in [0.25, 0.3) is 0 Å². The van der Waals surface area contributed by atoms with Gasteiger partial charge in [0, 0.05) is 6.07 Å². The molecule has 2 aromatic heterocycles. The molecule has 0 aromatic carbocycles. The minimum Gasteiger partial charge on any atom is -0.332 e. The number of anilines is 1. The van der Waals surface area contributed by atoms with Gasteiger partial charge in [0.05, 0.1) is 12.4 Å². The van der Waals surface area contributed by atoms with E-state index in [4.69, 9.17) is 0 Å². The van der Waals surface area contributed by atoms with E-state index in [9.17, 15) is 8.42 Å². The molecule has 7 nitrogen and oxygen atoms in total.